The lowest BCUT2D eigenvalue weighted by Gasteiger charge is -2.12. The molecule has 0 unspecified atom stereocenters. The average molecular weight is 281 g/mol. The normalized spacial score (nSPS) is 11.3. The predicted octanol–water partition coefficient (Wildman–Crippen LogP) is 2.69. The van der Waals surface area contributed by atoms with Crippen LogP contribution in [0.3, 0.4) is 0 Å². The molecule has 0 saturated heterocycles. The van der Waals surface area contributed by atoms with Crippen molar-refractivity contribution in [3.8, 4) is 16.9 Å². The summed E-state index contributed by atoms with van der Waals surface area (Å²) in [4.78, 5) is 3.89. The molecule has 0 fully saturated rings. The molecule has 0 aliphatic rings. The summed E-state index contributed by atoms with van der Waals surface area (Å²) in [6.07, 6.45) is 3.18. The van der Waals surface area contributed by atoms with Crippen molar-refractivity contribution < 1.29 is 17.0 Å². The van der Waals surface area contributed by atoms with Crippen LogP contribution in [0, 0.1) is 6.92 Å². The van der Waals surface area contributed by atoms with Gasteiger partial charge in [0.15, 0.2) is 5.75 Å². The van der Waals surface area contributed by atoms with E-state index in [1.165, 1.54) is 0 Å². The third-order valence-electron chi connectivity index (χ3n) is 2.55. The van der Waals surface area contributed by atoms with E-state index in [2.05, 4.69) is 4.98 Å². The number of hydrogen-bond donors (Lipinski definition) is 0. The number of nitrogens with zero attached hydrogens (tertiary/aromatic N) is 1. The summed E-state index contributed by atoms with van der Waals surface area (Å²) < 4.78 is 39.8. The number of pyridine rings is 1. The van der Waals surface area contributed by atoms with E-state index in [4.69, 9.17) is 4.18 Å². The molecule has 1 heterocycles. The van der Waals surface area contributed by atoms with E-state index in [9.17, 15) is 12.8 Å². The van der Waals surface area contributed by atoms with E-state index >= 15 is 0 Å². The number of aromatic nitrogens is 1. The first-order valence-electron chi connectivity index (χ1n) is 5.51. The first kappa shape index (κ1) is 13.5. The number of hydrogen-bond acceptors (Lipinski definition) is 4. The van der Waals surface area contributed by atoms with Crippen molar-refractivity contribution in [1.82, 2.24) is 4.98 Å². The molecule has 2 aromatic rings. The fraction of sp³-hybridized carbons (Fsp3) is 0.154. The molecule has 0 atom stereocenters. The molecule has 0 spiro atoms. The average Bonchev–Trinajstić information content (AvgIpc) is 2.42. The Hall–Kier alpha value is -1.95. The smallest absolute Gasteiger partial charge is 0.339 e. The van der Waals surface area contributed by atoms with Gasteiger partial charge >= 0.3 is 10.1 Å². The fourth-order valence-corrected chi connectivity index (χ4v) is 2.19. The van der Waals surface area contributed by atoms with Crippen molar-refractivity contribution >= 4 is 10.1 Å². The van der Waals surface area contributed by atoms with Crippen LogP contribution in [0.4, 0.5) is 4.39 Å². The van der Waals surface area contributed by atoms with E-state index in [0.717, 1.165) is 5.56 Å². The SMILES string of the molecule is Cc1cccc(-c2ccncc2)c1OS(=O)(=O)CF. The lowest BCUT2D eigenvalue weighted by molar-refractivity contribution is 0.450. The maximum absolute atomic E-state index is 12.4. The molecule has 0 saturated carbocycles. The van der Waals surface area contributed by atoms with Crippen molar-refractivity contribution in [3.63, 3.8) is 0 Å². The molecule has 4 nitrogen and oxygen atoms in total. The standard InChI is InChI=1S/C13H12FNO3S/c1-10-3-2-4-12(11-5-7-15-8-6-11)13(10)18-19(16,17)9-14/h2-8H,9H2,1H3. The second kappa shape index (κ2) is 5.36. The van der Waals surface area contributed by atoms with Crippen molar-refractivity contribution in [2.45, 2.75) is 6.92 Å². The van der Waals surface area contributed by atoms with E-state index < -0.39 is 16.1 Å². The maximum Gasteiger partial charge on any atom is 0.339 e. The highest BCUT2D eigenvalue weighted by Gasteiger charge is 2.17. The highest BCUT2D eigenvalue weighted by Crippen LogP contribution is 2.33. The Morgan fingerprint density at radius 2 is 1.89 bits per heavy atom. The predicted molar refractivity (Wildman–Crippen MR) is 69.9 cm³/mol. The van der Waals surface area contributed by atoms with Crippen LogP contribution < -0.4 is 4.18 Å². The lowest BCUT2D eigenvalue weighted by atomic mass is 10.0. The number of halogens is 1. The second-order valence-corrected chi connectivity index (χ2v) is 5.44. The summed E-state index contributed by atoms with van der Waals surface area (Å²) in [5.74, 6) is 0.145. The minimum absolute atomic E-state index is 0.145. The molecular weight excluding hydrogens is 269 g/mol. The zero-order chi connectivity index (χ0) is 13.9. The number of para-hydroxylation sites is 1. The molecule has 1 aromatic heterocycles. The van der Waals surface area contributed by atoms with Gasteiger partial charge in [-0.2, -0.15) is 8.42 Å². The van der Waals surface area contributed by atoms with E-state index in [1.807, 2.05) is 0 Å². The highest BCUT2D eigenvalue weighted by atomic mass is 32.2. The van der Waals surface area contributed by atoms with Crippen LogP contribution in [0.1, 0.15) is 5.56 Å². The van der Waals surface area contributed by atoms with Crippen molar-refractivity contribution in [2.75, 3.05) is 6.01 Å². The van der Waals surface area contributed by atoms with Gasteiger partial charge in [-0.05, 0) is 30.2 Å². The number of alkyl halides is 1. The lowest BCUT2D eigenvalue weighted by Crippen LogP contribution is -2.12. The number of rotatable bonds is 4. The minimum atomic E-state index is -4.21. The first-order valence-corrected chi connectivity index (χ1v) is 7.09. The van der Waals surface area contributed by atoms with Crippen LogP contribution >= 0.6 is 0 Å². The summed E-state index contributed by atoms with van der Waals surface area (Å²) in [5, 5.41) is 0. The topological polar surface area (TPSA) is 56.3 Å². The van der Waals surface area contributed by atoms with Crippen molar-refractivity contribution in [2.24, 2.45) is 0 Å². The molecule has 1 aromatic carbocycles. The Morgan fingerprint density at radius 3 is 2.53 bits per heavy atom. The largest absolute Gasteiger partial charge is 0.380 e. The third-order valence-corrected chi connectivity index (χ3v) is 3.24. The summed E-state index contributed by atoms with van der Waals surface area (Å²) in [6, 6.07) is 7.09. The molecule has 2 rings (SSSR count). The Kier molecular flexibility index (Phi) is 3.80. The maximum atomic E-state index is 12.4. The molecular formula is C13H12FNO3S. The minimum Gasteiger partial charge on any atom is -0.380 e. The van der Waals surface area contributed by atoms with Crippen LogP contribution in [0.2, 0.25) is 0 Å². The summed E-state index contributed by atoms with van der Waals surface area (Å²) in [6.45, 7) is 1.70. The van der Waals surface area contributed by atoms with Gasteiger partial charge in [0, 0.05) is 18.0 Å². The Labute approximate surface area is 111 Å². The van der Waals surface area contributed by atoms with Crippen LogP contribution in [0.15, 0.2) is 42.7 Å². The Balaban J connectivity index is 2.54. The van der Waals surface area contributed by atoms with Gasteiger partial charge in [-0.3, -0.25) is 4.98 Å². The quantitative estimate of drug-likeness (QED) is 0.808. The molecule has 19 heavy (non-hydrogen) atoms. The van der Waals surface area contributed by atoms with Crippen LogP contribution in [-0.2, 0) is 10.1 Å². The van der Waals surface area contributed by atoms with Gasteiger partial charge in [-0.1, -0.05) is 18.2 Å². The molecule has 0 radical (unpaired) electrons. The molecule has 0 amide bonds. The van der Waals surface area contributed by atoms with Gasteiger partial charge in [0.2, 0.25) is 6.01 Å². The zero-order valence-corrected chi connectivity index (χ0v) is 11.0. The number of benzene rings is 1. The molecule has 100 valence electrons. The van der Waals surface area contributed by atoms with E-state index in [0.29, 0.717) is 11.1 Å². The number of aryl methyl sites for hydroxylation is 1. The molecule has 6 heteroatoms. The van der Waals surface area contributed by atoms with Crippen LogP contribution in [-0.4, -0.2) is 19.4 Å². The summed E-state index contributed by atoms with van der Waals surface area (Å²) >= 11 is 0. The van der Waals surface area contributed by atoms with E-state index in [-0.39, 0.29) is 5.75 Å². The molecule has 0 aliphatic carbocycles. The van der Waals surface area contributed by atoms with Crippen molar-refractivity contribution in [3.05, 3.63) is 48.3 Å². The molecule has 0 bridgehead atoms. The first-order chi connectivity index (χ1) is 9.03. The monoisotopic (exact) mass is 281 g/mol. The van der Waals surface area contributed by atoms with E-state index in [1.54, 1.807) is 49.6 Å². The van der Waals surface area contributed by atoms with Gasteiger partial charge in [-0.15, -0.1) is 0 Å². The van der Waals surface area contributed by atoms with Gasteiger partial charge in [-0.25, -0.2) is 4.39 Å². The third kappa shape index (κ3) is 3.08. The fourth-order valence-electron chi connectivity index (χ4n) is 1.67. The van der Waals surface area contributed by atoms with Crippen LogP contribution in [0.25, 0.3) is 11.1 Å². The second-order valence-electron chi connectivity index (χ2n) is 3.94. The molecule has 0 N–H and O–H groups in total. The highest BCUT2D eigenvalue weighted by molar-refractivity contribution is 7.86. The van der Waals surface area contributed by atoms with Gasteiger partial charge < -0.3 is 4.18 Å². The Morgan fingerprint density at radius 1 is 1.21 bits per heavy atom. The molecule has 0 aliphatic heterocycles. The van der Waals surface area contributed by atoms with Crippen molar-refractivity contribution in [1.29, 1.82) is 0 Å². The van der Waals surface area contributed by atoms with Gasteiger partial charge in [0.05, 0.1) is 0 Å². The van der Waals surface area contributed by atoms with Gasteiger partial charge in [0.1, 0.15) is 0 Å². The zero-order valence-electron chi connectivity index (χ0n) is 10.2. The summed E-state index contributed by atoms with van der Waals surface area (Å²) in [5.41, 5.74) is 1.95. The summed E-state index contributed by atoms with van der Waals surface area (Å²) in [7, 11) is -4.21. The van der Waals surface area contributed by atoms with Crippen LogP contribution in [0.5, 0.6) is 5.75 Å². The Bertz CT molecular complexity index is 672. The van der Waals surface area contributed by atoms with Gasteiger partial charge in [0.25, 0.3) is 0 Å².